The van der Waals surface area contributed by atoms with E-state index in [1.807, 2.05) is 6.92 Å². The summed E-state index contributed by atoms with van der Waals surface area (Å²) in [6.45, 7) is 5.87. The molecule has 8 heteroatoms. The number of carbonyl (C=O) groups excluding carboxylic acids is 2. The van der Waals surface area contributed by atoms with Crippen LogP contribution in [0, 0.1) is 11.8 Å². The Kier molecular flexibility index (Phi) is 5.68. The monoisotopic (exact) mass is 389 g/mol. The predicted octanol–water partition coefficient (Wildman–Crippen LogP) is 0.327. The van der Waals surface area contributed by atoms with E-state index < -0.39 is 0 Å². The molecule has 0 aliphatic carbocycles. The topological polar surface area (TPSA) is 90.7 Å². The van der Waals surface area contributed by atoms with Crippen LogP contribution in [0.4, 0.5) is 0 Å². The van der Waals surface area contributed by atoms with Crippen LogP contribution in [0.25, 0.3) is 0 Å². The molecular formula is C20H31N5O3. The first-order valence-electron chi connectivity index (χ1n) is 10.6. The SMILES string of the molecule is CCn1cc(C(=O)NC[C@H]2[C@H]3C[C@H](CN(CCO)C3)[C@@H]3CCCC(=O)N32)cn1. The number of aromatic nitrogens is 2. The highest BCUT2D eigenvalue weighted by Crippen LogP contribution is 2.41. The van der Waals surface area contributed by atoms with Crippen molar-refractivity contribution in [1.82, 2.24) is 24.9 Å². The predicted molar refractivity (Wildman–Crippen MR) is 104 cm³/mol. The van der Waals surface area contributed by atoms with Crippen LogP contribution in [0.5, 0.6) is 0 Å². The number of amides is 2. The van der Waals surface area contributed by atoms with Crippen LogP contribution in [0.3, 0.4) is 0 Å². The Balaban J connectivity index is 1.49. The van der Waals surface area contributed by atoms with Crippen molar-refractivity contribution in [3.63, 3.8) is 0 Å². The zero-order valence-corrected chi connectivity index (χ0v) is 16.6. The third-order valence-corrected chi connectivity index (χ3v) is 6.68. The van der Waals surface area contributed by atoms with E-state index in [1.54, 1.807) is 17.1 Å². The summed E-state index contributed by atoms with van der Waals surface area (Å²) in [5, 5.41) is 16.6. The fourth-order valence-electron chi connectivity index (χ4n) is 5.41. The first-order valence-corrected chi connectivity index (χ1v) is 10.6. The molecule has 8 nitrogen and oxygen atoms in total. The second-order valence-corrected chi connectivity index (χ2v) is 8.36. The van der Waals surface area contributed by atoms with Gasteiger partial charge in [0.25, 0.3) is 5.91 Å². The zero-order chi connectivity index (χ0) is 19.7. The Bertz CT molecular complexity index is 718. The van der Waals surface area contributed by atoms with E-state index in [0.29, 0.717) is 36.9 Å². The summed E-state index contributed by atoms with van der Waals surface area (Å²) in [7, 11) is 0. The minimum Gasteiger partial charge on any atom is -0.395 e. The maximum Gasteiger partial charge on any atom is 0.254 e. The average Bonchev–Trinajstić information content (AvgIpc) is 3.18. The minimum absolute atomic E-state index is 0.0284. The largest absolute Gasteiger partial charge is 0.395 e. The van der Waals surface area contributed by atoms with Gasteiger partial charge in [-0.25, -0.2) is 0 Å². The van der Waals surface area contributed by atoms with Crippen molar-refractivity contribution in [3.05, 3.63) is 18.0 Å². The van der Waals surface area contributed by atoms with Crippen LogP contribution in [-0.2, 0) is 11.3 Å². The lowest BCUT2D eigenvalue weighted by molar-refractivity contribution is -0.152. The number of piperidine rings is 3. The second kappa shape index (κ2) is 8.21. The number of aliphatic hydroxyl groups excluding tert-OH is 1. The van der Waals surface area contributed by atoms with E-state index in [9.17, 15) is 14.7 Å². The lowest BCUT2D eigenvalue weighted by atomic mass is 9.72. The first kappa shape index (κ1) is 19.4. The number of β-amino-alcohol motifs (C(OH)–C–C–N with tert-alkyl or cyclic N) is 1. The molecule has 1 aromatic rings. The number of hydrogen-bond acceptors (Lipinski definition) is 5. The number of nitrogens with zero attached hydrogens (tertiary/aromatic N) is 4. The fourth-order valence-corrected chi connectivity index (χ4v) is 5.41. The summed E-state index contributed by atoms with van der Waals surface area (Å²) >= 11 is 0. The summed E-state index contributed by atoms with van der Waals surface area (Å²) in [5.41, 5.74) is 0.558. The number of aryl methyl sites for hydroxylation is 1. The van der Waals surface area contributed by atoms with Gasteiger partial charge in [-0.05, 0) is 38.0 Å². The Hall–Kier alpha value is -1.93. The summed E-state index contributed by atoms with van der Waals surface area (Å²) in [4.78, 5) is 29.8. The Morgan fingerprint density at radius 1 is 1.36 bits per heavy atom. The molecule has 3 aliphatic heterocycles. The molecule has 3 aliphatic rings. The second-order valence-electron chi connectivity index (χ2n) is 8.36. The molecule has 0 spiro atoms. The molecule has 154 valence electrons. The molecule has 3 fully saturated rings. The molecule has 2 N–H and O–H groups in total. The number of fused-ring (bicyclic) bond motifs is 4. The van der Waals surface area contributed by atoms with Gasteiger partial charge in [0, 0.05) is 51.4 Å². The van der Waals surface area contributed by atoms with Gasteiger partial charge in [-0.15, -0.1) is 0 Å². The smallest absolute Gasteiger partial charge is 0.254 e. The molecular weight excluding hydrogens is 358 g/mol. The van der Waals surface area contributed by atoms with Gasteiger partial charge >= 0.3 is 0 Å². The van der Waals surface area contributed by atoms with Crippen molar-refractivity contribution < 1.29 is 14.7 Å². The van der Waals surface area contributed by atoms with E-state index in [1.165, 1.54) is 0 Å². The number of hydrogen-bond donors (Lipinski definition) is 2. The fraction of sp³-hybridized carbons (Fsp3) is 0.750. The quantitative estimate of drug-likeness (QED) is 0.732. The standard InChI is InChI=1S/C20H31N5O3/c1-2-24-13-16(9-22-24)20(28)21-10-18-15-8-14(11-23(12-15)6-7-26)17-4-3-5-19(27)25(17)18/h9,13-15,17-18,26H,2-8,10-12H2,1H3,(H,21,28)/t14-,15+,17+,18+/m1/s1. The molecule has 0 aromatic carbocycles. The number of rotatable bonds is 6. The van der Waals surface area contributed by atoms with Gasteiger partial charge in [0.05, 0.1) is 24.4 Å². The van der Waals surface area contributed by atoms with E-state index in [2.05, 4.69) is 20.2 Å². The summed E-state index contributed by atoms with van der Waals surface area (Å²) in [6, 6.07) is 0.296. The van der Waals surface area contributed by atoms with Crippen LogP contribution >= 0.6 is 0 Å². The first-order chi connectivity index (χ1) is 13.6. The van der Waals surface area contributed by atoms with Crippen molar-refractivity contribution in [3.8, 4) is 0 Å². The van der Waals surface area contributed by atoms with Crippen LogP contribution in [0.15, 0.2) is 12.4 Å². The zero-order valence-electron chi connectivity index (χ0n) is 16.6. The van der Waals surface area contributed by atoms with Gasteiger partial charge in [-0.3, -0.25) is 14.3 Å². The number of nitrogens with one attached hydrogen (secondary N) is 1. The highest BCUT2D eigenvalue weighted by atomic mass is 16.3. The van der Waals surface area contributed by atoms with Gasteiger partial charge in [-0.2, -0.15) is 5.10 Å². The highest BCUT2D eigenvalue weighted by molar-refractivity contribution is 5.93. The van der Waals surface area contributed by atoms with Gasteiger partial charge in [0.2, 0.25) is 5.91 Å². The highest BCUT2D eigenvalue weighted by Gasteiger charge is 2.49. The number of aliphatic hydroxyl groups is 1. The molecule has 0 radical (unpaired) electrons. The Morgan fingerprint density at radius 3 is 2.93 bits per heavy atom. The molecule has 4 atom stereocenters. The van der Waals surface area contributed by atoms with Crippen LogP contribution in [0.2, 0.25) is 0 Å². The van der Waals surface area contributed by atoms with Crippen molar-refractivity contribution >= 4 is 11.8 Å². The number of carbonyl (C=O) groups is 2. The molecule has 0 unspecified atom stereocenters. The summed E-state index contributed by atoms with van der Waals surface area (Å²) < 4.78 is 1.73. The van der Waals surface area contributed by atoms with E-state index in [0.717, 1.165) is 38.9 Å². The summed E-state index contributed by atoms with van der Waals surface area (Å²) in [5.74, 6) is 0.914. The average molecular weight is 390 g/mol. The molecule has 2 amide bonds. The molecule has 3 saturated heterocycles. The van der Waals surface area contributed by atoms with Crippen LogP contribution in [-0.4, -0.2) is 81.4 Å². The Morgan fingerprint density at radius 2 is 2.18 bits per heavy atom. The number of likely N-dealkylation sites (tertiary alicyclic amines) is 1. The molecule has 2 bridgehead atoms. The van der Waals surface area contributed by atoms with Gasteiger partial charge in [0.15, 0.2) is 0 Å². The molecule has 0 saturated carbocycles. The molecule has 4 heterocycles. The lowest BCUT2D eigenvalue weighted by Gasteiger charge is -2.56. The van der Waals surface area contributed by atoms with Crippen molar-refractivity contribution in [2.45, 2.75) is 51.2 Å². The van der Waals surface area contributed by atoms with Crippen LogP contribution in [0.1, 0.15) is 43.0 Å². The van der Waals surface area contributed by atoms with E-state index in [4.69, 9.17) is 0 Å². The third kappa shape index (κ3) is 3.67. The molecule has 1 aromatic heterocycles. The van der Waals surface area contributed by atoms with Gasteiger partial charge in [0.1, 0.15) is 0 Å². The normalized spacial score (nSPS) is 30.2. The lowest BCUT2D eigenvalue weighted by Crippen LogP contribution is -2.67. The van der Waals surface area contributed by atoms with Gasteiger partial charge in [-0.1, -0.05) is 0 Å². The minimum atomic E-state index is -0.133. The Labute approximate surface area is 165 Å². The van der Waals surface area contributed by atoms with E-state index in [-0.39, 0.29) is 30.5 Å². The van der Waals surface area contributed by atoms with E-state index >= 15 is 0 Å². The maximum absolute atomic E-state index is 12.8. The summed E-state index contributed by atoms with van der Waals surface area (Å²) in [6.07, 6.45) is 7.06. The molecule has 4 rings (SSSR count). The van der Waals surface area contributed by atoms with Crippen LogP contribution < -0.4 is 5.32 Å². The maximum atomic E-state index is 12.8. The van der Waals surface area contributed by atoms with Crippen molar-refractivity contribution in [2.75, 3.05) is 32.8 Å². The van der Waals surface area contributed by atoms with Crippen molar-refractivity contribution in [2.24, 2.45) is 11.8 Å². The molecule has 28 heavy (non-hydrogen) atoms. The van der Waals surface area contributed by atoms with Crippen molar-refractivity contribution in [1.29, 1.82) is 0 Å². The third-order valence-electron chi connectivity index (χ3n) is 6.68. The van der Waals surface area contributed by atoms with Gasteiger partial charge < -0.3 is 20.2 Å².